The van der Waals surface area contributed by atoms with Gasteiger partial charge in [-0.25, -0.2) is 0 Å². The van der Waals surface area contributed by atoms with Crippen molar-refractivity contribution in [1.82, 2.24) is 9.80 Å². The average Bonchev–Trinajstić information content (AvgIpc) is 2.97. The van der Waals surface area contributed by atoms with Crippen LogP contribution in [0.3, 0.4) is 0 Å². The number of carbonyl (C=O) groups is 1. The van der Waals surface area contributed by atoms with Crippen molar-refractivity contribution in [2.24, 2.45) is 23.2 Å². The highest BCUT2D eigenvalue weighted by Crippen LogP contribution is 2.60. The zero-order valence-corrected chi connectivity index (χ0v) is 19.7. The molecule has 174 valence electrons. The molecule has 1 aromatic carbocycles. The smallest absolute Gasteiger partial charge is 0.219 e. The van der Waals surface area contributed by atoms with Crippen LogP contribution in [0.1, 0.15) is 82.6 Å². The third-order valence-corrected chi connectivity index (χ3v) is 9.99. The molecule has 4 heteroatoms. The Morgan fingerprint density at radius 3 is 2.22 bits per heavy atom. The van der Waals surface area contributed by atoms with Crippen molar-refractivity contribution >= 4 is 5.91 Å². The summed E-state index contributed by atoms with van der Waals surface area (Å²) in [6.45, 7) is 4.75. The van der Waals surface area contributed by atoms with Crippen LogP contribution in [0, 0.1) is 23.2 Å². The number of nitrogens with zero attached hydrogens (tertiary/aromatic N) is 2. The maximum atomic E-state index is 12.7. The van der Waals surface area contributed by atoms with Crippen molar-refractivity contribution in [2.75, 3.05) is 19.6 Å². The molecule has 2 aliphatic heterocycles. The summed E-state index contributed by atoms with van der Waals surface area (Å²) in [5.74, 6) is 4.07. The summed E-state index contributed by atoms with van der Waals surface area (Å²) in [5, 5.41) is 9.91. The predicted octanol–water partition coefficient (Wildman–Crippen LogP) is 5.17. The molecule has 2 saturated heterocycles. The van der Waals surface area contributed by atoms with Crippen molar-refractivity contribution in [2.45, 2.75) is 89.1 Å². The van der Waals surface area contributed by atoms with Gasteiger partial charge in [0.15, 0.2) is 0 Å². The van der Waals surface area contributed by atoms with Crippen LogP contribution < -0.4 is 0 Å². The Balaban J connectivity index is 1.09. The molecule has 2 unspecified atom stereocenters. The number of phenols is 1. The average molecular weight is 437 g/mol. The molecule has 6 fully saturated rings. The number of hydrogen-bond donors (Lipinski definition) is 1. The van der Waals surface area contributed by atoms with Gasteiger partial charge in [0.1, 0.15) is 5.75 Å². The maximum Gasteiger partial charge on any atom is 0.219 e. The van der Waals surface area contributed by atoms with Crippen molar-refractivity contribution in [3.05, 3.63) is 29.8 Å². The van der Waals surface area contributed by atoms with E-state index < -0.39 is 0 Å². The molecule has 0 spiro atoms. The number of rotatable bonds is 6. The molecule has 7 rings (SSSR count). The number of piperidine rings is 1. The van der Waals surface area contributed by atoms with Gasteiger partial charge in [-0.05, 0) is 111 Å². The monoisotopic (exact) mass is 436 g/mol. The molecule has 0 radical (unpaired) electrons. The summed E-state index contributed by atoms with van der Waals surface area (Å²) in [7, 11) is 0. The molecule has 1 amide bonds. The number of benzene rings is 1. The Morgan fingerprint density at radius 1 is 1.03 bits per heavy atom. The first-order valence-electron chi connectivity index (χ1n) is 13.3. The highest BCUT2D eigenvalue weighted by atomic mass is 16.3. The van der Waals surface area contributed by atoms with Gasteiger partial charge in [0.25, 0.3) is 0 Å². The highest BCUT2D eigenvalue weighted by Gasteiger charge is 2.51. The second-order valence-corrected chi connectivity index (χ2v) is 12.2. The number of hydrogen-bond acceptors (Lipinski definition) is 3. The molecule has 6 bridgehead atoms. The van der Waals surface area contributed by atoms with Crippen LogP contribution in [0.5, 0.6) is 5.75 Å². The first-order valence-corrected chi connectivity index (χ1v) is 13.3. The van der Waals surface area contributed by atoms with E-state index in [0.717, 1.165) is 37.4 Å². The third kappa shape index (κ3) is 3.87. The van der Waals surface area contributed by atoms with Gasteiger partial charge in [-0.3, -0.25) is 9.69 Å². The highest BCUT2D eigenvalue weighted by molar-refractivity contribution is 5.73. The molecule has 0 aromatic heterocycles. The molecule has 4 aliphatic carbocycles. The Morgan fingerprint density at radius 2 is 1.66 bits per heavy atom. The molecule has 6 aliphatic rings. The zero-order valence-electron chi connectivity index (χ0n) is 19.7. The summed E-state index contributed by atoms with van der Waals surface area (Å²) in [6, 6.07) is 9.16. The van der Waals surface area contributed by atoms with Crippen LogP contribution in [0.2, 0.25) is 0 Å². The van der Waals surface area contributed by atoms with E-state index in [4.69, 9.17) is 0 Å². The SMILES string of the molecule is CC(=O)N(CCN1C2CCC1CC(c1cccc(O)c1)C2)CC12CC3CC(CC(C3)C1)C2. The Bertz CT molecular complexity index is 817. The van der Waals surface area contributed by atoms with E-state index in [1.54, 1.807) is 13.0 Å². The van der Waals surface area contributed by atoms with Gasteiger partial charge in [-0.2, -0.15) is 0 Å². The topological polar surface area (TPSA) is 43.8 Å². The lowest BCUT2D eigenvalue weighted by atomic mass is 9.49. The van der Waals surface area contributed by atoms with Gasteiger partial charge < -0.3 is 10.0 Å². The van der Waals surface area contributed by atoms with Crippen molar-refractivity contribution in [3.63, 3.8) is 0 Å². The van der Waals surface area contributed by atoms with E-state index in [-0.39, 0.29) is 5.91 Å². The Hall–Kier alpha value is -1.55. The van der Waals surface area contributed by atoms with Crippen LogP contribution in [0.25, 0.3) is 0 Å². The summed E-state index contributed by atoms with van der Waals surface area (Å²) < 4.78 is 0. The first-order chi connectivity index (χ1) is 15.5. The number of aromatic hydroxyl groups is 1. The number of amides is 1. The van der Waals surface area contributed by atoms with Crippen LogP contribution in [-0.4, -0.2) is 52.5 Å². The summed E-state index contributed by atoms with van der Waals surface area (Å²) >= 11 is 0. The van der Waals surface area contributed by atoms with Gasteiger partial charge in [0.05, 0.1) is 0 Å². The van der Waals surface area contributed by atoms with Crippen molar-refractivity contribution in [3.8, 4) is 5.75 Å². The summed E-state index contributed by atoms with van der Waals surface area (Å²) in [4.78, 5) is 17.6. The van der Waals surface area contributed by atoms with Crippen molar-refractivity contribution in [1.29, 1.82) is 0 Å². The quantitative estimate of drug-likeness (QED) is 0.669. The number of carbonyl (C=O) groups excluding carboxylic acids is 1. The molecule has 32 heavy (non-hydrogen) atoms. The van der Waals surface area contributed by atoms with E-state index in [1.807, 2.05) is 12.1 Å². The Labute approximate surface area is 193 Å². The number of phenolic OH excluding ortho intramolecular Hbond substituents is 1. The molecule has 4 nitrogen and oxygen atoms in total. The van der Waals surface area contributed by atoms with Crippen LogP contribution in [0.4, 0.5) is 0 Å². The second kappa shape index (κ2) is 8.04. The second-order valence-electron chi connectivity index (χ2n) is 12.2. The minimum Gasteiger partial charge on any atom is -0.508 e. The minimum absolute atomic E-state index is 0.280. The van der Waals surface area contributed by atoms with Gasteiger partial charge in [-0.15, -0.1) is 0 Å². The molecule has 1 N–H and O–H groups in total. The molecular weight excluding hydrogens is 396 g/mol. The molecule has 1 aromatic rings. The van der Waals surface area contributed by atoms with E-state index >= 15 is 0 Å². The number of fused-ring (bicyclic) bond motifs is 2. The largest absolute Gasteiger partial charge is 0.508 e. The van der Waals surface area contributed by atoms with Crippen LogP contribution >= 0.6 is 0 Å². The fourth-order valence-corrected chi connectivity index (χ4v) is 9.16. The Kier molecular flexibility index (Phi) is 5.28. The third-order valence-electron chi connectivity index (χ3n) is 9.99. The predicted molar refractivity (Wildman–Crippen MR) is 126 cm³/mol. The van der Waals surface area contributed by atoms with Gasteiger partial charge in [0, 0.05) is 38.6 Å². The van der Waals surface area contributed by atoms with Gasteiger partial charge >= 0.3 is 0 Å². The molecule has 4 saturated carbocycles. The van der Waals surface area contributed by atoms with E-state index in [2.05, 4.69) is 15.9 Å². The van der Waals surface area contributed by atoms with E-state index in [1.165, 1.54) is 69.8 Å². The lowest BCUT2D eigenvalue weighted by Crippen LogP contribution is -2.53. The van der Waals surface area contributed by atoms with Crippen molar-refractivity contribution < 1.29 is 9.90 Å². The standard InChI is InChI=1S/C28H40N2O2/c1-19(31)29(18-28-15-20-9-21(16-28)11-22(10-20)17-28)7-8-30-25-5-6-26(30)13-24(12-25)23-3-2-4-27(32)14-23/h2-4,14,20-22,24-26,32H,5-13,15-18H2,1H3. The minimum atomic E-state index is 0.280. The molecular formula is C28H40N2O2. The van der Waals surface area contributed by atoms with E-state index in [9.17, 15) is 9.90 Å². The normalized spacial score (nSPS) is 40.0. The van der Waals surface area contributed by atoms with Gasteiger partial charge in [-0.1, -0.05) is 12.1 Å². The van der Waals surface area contributed by atoms with Gasteiger partial charge in [0.2, 0.25) is 5.91 Å². The van der Waals surface area contributed by atoms with E-state index in [0.29, 0.717) is 29.2 Å². The molecule has 2 heterocycles. The zero-order chi connectivity index (χ0) is 21.9. The lowest BCUT2D eigenvalue weighted by Gasteiger charge is -2.58. The summed E-state index contributed by atoms with van der Waals surface area (Å²) in [5.41, 5.74) is 1.73. The lowest BCUT2D eigenvalue weighted by molar-refractivity contribution is -0.135. The molecule has 2 atom stereocenters. The fraction of sp³-hybridized carbons (Fsp3) is 0.750. The maximum absolute atomic E-state index is 12.7. The fourth-order valence-electron chi connectivity index (χ4n) is 9.16. The van der Waals surface area contributed by atoms with Crippen LogP contribution in [0.15, 0.2) is 24.3 Å². The summed E-state index contributed by atoms with van der Waals surface area (Å²) in [6.07, 6.45) is 13.5. The first kappa shape index (κ1) is 21.0. The van der Waals surface area contributed by atoms with Crippen LogP contribution in [-0.2, 0) is 4.79 Å².